The molecule has 0 fully saturated rings. The van der Waals surface area contributed by atoms with Crippen LogP contribution in [0, 0.1) is 0 Å². The molecule has 2 aliphatic heterocycles. The molecule has 9 nitrogen and oxygen atoms in total. The number of nitrogens with one attached hydrogen (secondary N) is 2. The van der Waals surface area contributed by atoms with Gasteiger partial charge in [-0.25, -0.2) is 14.8 Å². The summed E-state index contributed by atoms with van der Waals surface area (Å²) in [6.07, 6.45) is 6.34. The first-order valence-corrected chi connectivity index (χ1v) is 12.1. The van der Waals surface area contributed by atoms with E-state index in [0.29, 0.717) is 30.0 Å². The number of rotatable bonds is 3. The minimum Gasteiger partial charge on any atom is -0.439 e. The number of hydrogen-bond acceptors (Lipinski definition) is 6. The van der Waals surface area contributed by atoms with Crippen molar-refractivity contribution < 1.29 is 9.53 Å². The largest absolute Gasteiger partial charge is 0.439 e. The monoisotopic (exact) mass is 471 g/mol. The van der Waals surface area contributed by atoms with Crippen LogP contribution < -0.4 is 15.4 Å². The Kier molecular flexibility index (Phi) is 5.10. The fraction of sp³-hybridized carbons (Fsp3) is 0.385. The quantitative estimate of drug-likeness (QED) is 0.453. The molecule has 0 unspecified atom stereocenters. The molecule has 4 aromatic rings. The van der Waals surface area contributed by atoms with Gasteiger partial charge in [0.2, 0.25) is 5.88 Å². The summed E-state index contributed by atoms with van der Waals surface area (Å²) in [5, 5.41) is 11.9. The molecule has 2 N–H and O–H groups in total. The fourth-order valence-electron chi connectivity index (χ4n) is 5.16. The van der Waals surface area contributed by atoms with E-state index < -0.39 is 0 Å². The average molecular weight is 472 g/mol. The number of benzene rings is 1. The fourth-order valence-corrected chi connectivity index (χ4v) is 5.16. The van der Waals surface area contributed by atoms with Crippen LogP contribution in [0.3, 0.4) is 0 Å². The molecule has 1 aromatic carbocycles. The number of aromatic nitrogens is 5. The number of ether oxygens (including phenoxy) is 1. The van der Waals surface area contributed by atoms with Crippen molar-refractivity contribution in [3.05, 3.63) is 59.8 Å². The van der Waals surface area contributed by atoms with E-state index in [1.54, 1.807) is 17.1 Å². The Labute approximate surface area is 203 Å². The van der Waals surface area contributed by atoms with Crippen LogP contribution in [-0.4, -0.2) is 36.4 Å². The van der Waals surface area contributed by atoms with Gasteiger partial charge in [-0.3, -0.25) is 14.6 Å². The molecule has 3 aromatic heterocycles. The molecule has 0 saturated heterocycles. The van der Waals surface area contributed by atoms with Crippen LogP contribution in [0.4, 0.5) is 10.6 Å². The third-order valence-corrected chi connectivity index (χ3v) is 7.10. The highest BCUT2D eigenvalue weighted by molar-refractivity contribution is 5.98. The number of nitrogens with zero attached hydrogens (tertiary/aromatic N) is 5. The minimum atomic E-state index is -0.242. The van der Waals surface area contributed by atoms with Gasteiger partial charge < -0.3 is 10.1 Å². The molecule has 0 saturated carbocycles. The van der Waals surface area contributed by atoms with E-state index in [2.05, 4.69) is 46.5 Å². The zero-order chi connectivity index (χ0) is 24.2. The molecule has 35 heavy (non-hydrogen) atoms. The second-order valence-corrected chi connectivity index (χ2v) is 10.2. The highest BCUT2D eigenvalue weighted by Crippen LogP contribution is 2.34. The van der Waals surface area contributed by atoms with Crippen molar-refractivity contribution in [2.45, 2.75) is 64.6 Å². The Balaban J connectivity index is 1.23. The topological polar surface area (TPSA) is 98.9 Å². The molecule has 9 heteroatoms. The van der Waals surface area contributed by atoms with Gasteiger partial charge in [-0.15, -0.1) is 0 Å². The Morgan fingerprint density at radius 2 is 2.11 bits per heavy atom. The van der Waals surface area contributed by atoms with Crippen LogP contribution in [0.2, 0.25) is 0 Å². The molecular formula is C26H29N7O2. The van der Waals surface area contributed by atoms with E-state index in [0.717, 1.165) is 53.7 Å². The maximum Gasteiger partial charge on any atom is 0.331 e. The third kappa shape index (κ3) is 3.95. The Hall–Kier alpha value is -3.72. The lowest BCUT2D eigenvalue weighted by Crippen LogP contribution is -2.33. The van der Waals surface area contributed by atoms with E-state index in [4.69, 9.17) is 4.74 Å². The van der Waals surface area contributed by atoms with Crippen molar-refractivity contribution in [1.29, 1.82) is 0 Å². The van der Waals surface area contributed by atoms with Gasteiger partial charge in [0.05, 0.1) is 11.2 Å². The number of amides is 1. The Morgan fingerprint density at radius 1 is 1.23 bits per heavy atom. The molecule has 0 bridgehead atoms. The van der Waals surface area contributed by atoms with Crippen molar-refractivity contribution in [3.63, 3.8) is 0 Å². The molecule has 1 amide bonds. The van der Waals surface area contributed by atoms with E-state index >= 15 is 0 Å². The van der Waals surface area contributed by atoms with Gasteiger partial charge in [0.1, 0.15) is 12.1 Å². The van der Waals surface area contributed by atoms with Crippen molar-refractivity contribution in [2.24, 2.45) is 0 Å². The first-order valence-electron chi connectivity index (χ1n) is 12.1. The second kappa shape index (κ2) is 8.20. The number of hydrogen-bond donors (Lipinski definition) is 2. The normalized spacial score (nSPS) is 18.7. The number of aryl methyl sites for hydroxylation is 1. The lowest BCUT2D eigenvalue weighted by molar-refractivity contribution is 0.254. The van der Waals surface area contributed by atoms with E-state index in [9.17, 15) is 4.79 Å². The highest BCUT2D eigenvalue weighted by atomic mass is 16.5. The molecule has 0 aliphatic carbocycles. The van der Waals surface area contributed by atoms with Crippen molar-refractivity contribution >= 4 is 22.8 Å². The first kappa shape index (κ1) is 21.8. The van der Waals surface area contributed by atoms with Crippen LogP contribution >= 0.6 is 0 Å². The maximum atomic E-state index is 13.1. The highest BCUT2D eigenvalue weighted by Gasteiger charge is 2.29. The summed E-state index contributed by atoms with van der Waals surface area (Å²) >= 11 is 0. The summed E-state index contributed by atoms with van der Waals surface area (Å²) in [5.74, 6) is 1.84. The zero-order valence-corrected chi connectivity index (χ0v) is 20.2. The summed E-state index contributed by atoms with van der Waals surface area (Å²) in [6, 6.07) is 9.69. The van der Waals surface area contributed by atoms with Crippen LogP contribution in [0.1, 0.15) is 50.6 Å². The maximum absolute atomic E-state index is 13.1. The second-order valence-electron chi connectivity index (χ2n) is 10.2. The molecule has 1 atom stereocenters. The Morgan fingerprint density at radius 3 is 2.97 bits per heavy atom. The molecule has 6 rings (SSSR count). The first-order chi connectivity index (χ1) is 16.9. The smallest absolute Gasteiger partial charge is 0.331 e. The van der Waals surface area contributed by atoms with Crippen molar-refractivity contribution in [3.8, 4) is 11.6 Å². The summed E-state index contributed by atoms with van der Waals surface area (Å²) in [4.78, 5) is 21.8. The lowest BCUT2D eigenvalue weighted by atomic mass is 9.82. The van der Waals surface area contributed by atoms with Gasteiger partial charge >= 0.3 is 6.03 Å². The van der Waals surface area contributed by atoms with Crippen molar-refractivity contribution in [2.75, 3.05) is 5.32 Å². The number of anilines is 1. The standard InChI is InChI=1S/C26H29N7O2/c1-16-11-19-20(14-27-16)28-15-29-24(19)35-18-5-6-21-17(12-18)7-10-32(21)25(34)30-23-13-22-26(2,3)8-4-9-33(22)31-23/h5-7,10,12-13,15-16,27H,4,8-9,11,14H2,1-3H3,(H,30,31,34)/t16-/m0/s1. The summed E-state index contributed by atoms with van der Waals surface area (Å²) in [5.41, 5.74) is 4.03. The van der Waals surface area contributed by atoms with Crippen LogP contribution in [-0.2, 0) is 24.9 Å². The Bertz CT molecular complexity index is 1440. The van der Waals surface area contributed by atoms with Gasteiger partial charge in [0.15, 0.2) is 5.82 Å². The van der Waals surface area contributed by atoms with E-state index in [1.807, 2.05) is 35.0 Å². The van der Waals surface area contributed by atoms with E-state index in [-0.39, 0.29) is 11.4 Å². The van der Waals surface area contributed by atoms with Gasteiger partial charge in [-0.05, 0) is 50.5 Å². The third-order valence-electron chi connectivity index (χ3n) is 7.10. The lowest BCUT2D eigenvalue weighted by Gasteiger charge is -2.30. The number of carbonyl (C=O) groups is 1. The van der Waals surface area contributed by atoms with E-state index in [1.165, 1.54) is 0 Å². The van der Waals surface area contributed by atoms with Gasteiger partial charge in [0, 0.05) is 53.5 Å². The predicted molar refractivity (Wildman–Crippen MR) is 133 cm³/mol. The minimum absolute atomic E-state index is 0.0578. The molecule has 2 aliphatic rings. The summed E-state index contributed by atoms with van der Waals surface area (Å²) in [7, 11) is 0. The van der Waals surface area contributed by atoms with Crippen LogP contribution in [0.15, 0.2) is 42.9 Å². The average Bonchev–Trinajstić information content (AvgIpc) is 3.44. The molecule has 180 valence electrons. The van der Waals surface area contributed by atoms with Gasteiger partial charge in [-0.2, -0.15) is 5.10 Å². The predicted octanol–water partition coefficient (Wildman–Crippen LogP) is 4.61. The number of fused-ring (bicyclic) bond motifs is 3. The molecule has 0 radical (unpaired) electrons. The molecular weight excluding hydrogens is 442 g/mol. The van der Waals surface area contributed by atoms with Gasteiger partial charge in [-0.1, -0.05) is 13.8 Å². The van der Waals surface area contributed by atoms with Crippen molar-refractivity contribution in [1.82, 2.24) is 29.6 Å². The zero-order valence-electron chi connectivity index (χ0n) is 20.2. The summed E-state index contributed by atoms with van der Waals surface area (Å²) < 4.78 is 9.78. The van der Waals surface area contributed by atoms with Crippen LogP contribution in [0.5, 0.6) is 11.6 Å². The SMILES string of the molecule is C[C@H]1Cc2c(ncnc2Oc2ccc3c(ccn3C(=O)Nc3cc4n(n3)CCCC4(C)C)c2)CN1. The van der Waals surface area contributed by atoms with Gasteiger partial charge in [0.25, 0.3) is 0 Å². The summed E-state index contributed by atoms with van der Waals surface area (Å²) in [6.45, 7) is 8.18. The molecule has 5 heterocycles. The number of carbonyl (C=O) groups excluding carboxylic acids is 1. The molecule has 0 spiro atoms. The van der Waals surface area contributed by atoms with Crippen LogP contribution in [0.25, 0.3) is 10.9 Å².